The molecule has 25 heavy (non-hydrogen) atoms. The molecule has 0 aliphatic heterocycles. The predicted octanol–water partition coefficient (Wildman–Crippen LogP) is 3.72. The molecule has 0 spiro atoms. The van der Waals surface area contributed by atoms with Crippen molar-refractivity contribution in [1.29, 1.82) is 0 Å². The highest BCUT2D eigenvalue weighted by atomic mass is 32.1. The summed E-state index contributed by atoms with van der Waals surface area (Å²) in [5.41, 5.74) is 3.53. The minimum Gasteiger partial charge on any atom is -0.326 e. The standard InChI is InChI=1S/C18H16N4O2S/c1-11-4-3-5-15(19-11)17(24)22-18-21-16(10-25-18)13-6-8-14(9-7-13)20-12(2)23/h3-10H,1-2H3,(H,20,23)(H,21,22,24). The van der Waals surface area contributed by atoms with Crippen LogP contribution >= 0.6 is 11.3 Å². The molecule has 3 aromatic rings. The number of benzene rings is 1. The van der Waals surface area contributed by atoms with Crippen molar-refractivity contribution in [1.82, 2.24) is 9.97 Å². The summed E-state index contributed by atoms with van der Waals surface area (Å²) in [6, 6.07) is 12.7. The fourth-order valence-electron chi connectivity index (χ4n) is 2.22. The van der Waals surface area contributed by atoms with Crippen molar-refractivity contribution >= 4 is 34.0 Å². The third-order valence-corrected chi connectivity index (χ3v) is 4.10. The van der Waals surface area contributed by atoms with Gasteiger partial charge < -0.3 is 5.32 Å². The van der Waals surface area contributed by atoms with Gasteiger partial charge in [-0.15, -0.1) is 11.3 Å². The number of thiazole rings is 1. The summed E-state index contributed by atoms with van der Waals surface area (Å²) in [4.78, 5) is 31.9. The van der Waals surface area contributed by atoms with Gasteiger partial charge in [0.2, 0.25) is 5.91 Å². The van der Waals surface area contributed by atoms with Crippen molar-refractivity contribution in [2.24, 2.45) is 0 Å². The quantitative estimate of drug-likeness (QED) is 0.749. The van der Waals surface area contributed by atoms with E-state index in [0.29, 0.717) is 10.8 Å². The Morgan fingerprint density at radius 1 is 1.00 bits per heavy atom. The fourth-order valence-corrected chi connectivity index (χ4v) is 2.94. The molecule has 0 fully saturated rings. The summed E-state index contributed by atoms with van der Waals surface area (Å²) in [5, 5.41) is 7.86. The second kappa shape index (κ2) is 7.23. The molecule has 0 saturated carbocycles. The maximum Gasteiger partial charge on any atom is 0.276 e. The molecule has 7 heteroatoms. The van der Waals surface area contributed by atoms with Crippen molar-refractivity contribution < 1.29 is 9.59 Å². The van der Waals surface area contributed by atoms with E-state index >= 15 is 0 Å². The normalized spacial score (nSPS) is 10.3. The van der Waals surface area contributed by atoms with E-state index in [1.54, 1.807) is 12.1 Å². The molecular weight excluding hydrogens is 336 g/mol. The van der Waals surface area contributed by atoms with Gasteiger partial charge in [-0.1, -0.05) is 18.2 Å². The molecule has 2 amide bonds. The minimum absolute atomic E-state index is 0.115. The van der Waals surface area contributed by atoms with Crippen molar-refractivity contribution in [2.75, 3.05) is 10.6 Å². The summed E-state index contributed by atoms with van der Waals surface area (Å²) >= 11 is 1.35. The number of carbonyl (C=O) groups excluding carboxylic acids is 2. The number of nitrogens with zero attached hydrogens (tertiary/aromatic N) is 2. The molecule has 2 N–H and O–H groups in total. The zero-order valence-corrected chi connectivity index (χ0v) is 14.6. The highest BCUT2D eigenvalue weighted by Gasteiger charge is 2.11. The lowest BCUT2D eigenvalue weighted by Crippen LogP contribution is -2.13. The Morgan fingerprint density at radius 3 is 2.44 bits per heavy atom. The number of carbonyl (C=O) groups is 2. The molecule has 0 unspecified atom stereocenters. The molecule has 2 aromatic heterocycles. The Hall–Kier alpha value is -3.06. The third kappa shape index (κ3) is 4.27. The first kappa shape index (κ1) is 16.8. The number of rotatable bonds is 4. The van der Waals surface area contributed by atoms with E-state index in [1.807, 2.05) is 42.6 Å². The van der Waals surface area contributed by atoms with Gasteiger partial charge in [-0.3, -0.25) is 14.9 Å². The van der Waals surface area contributed by atoms with Gasteiger partial charge in [-0.25, -0.2) is 9.97 Å². The molecule has 0 aliphatic rings. The zero-order valence-electron chi connectivity index (χ0n) is 13.7. The Kier molecular flexibility index (Phi) is 4.85. The molecule has 1 aromatic carbocycles. The largest absolute Gasteiger partial charge is 0.326 e. The van der Waals surface area contributed by atoms with E-state index in [4.69, 9.17) is 0 Å². The topological polar surface area (TPSA) is 84.0 Å². The monoisotopic (exact) mass is 352 g/mol. The highest BCUT2D eigenvalue weighted by molar-refractivity contribution is 7.14. The number of nitrogens with one attached hydrogen (secondary N) is 2. The maximum atomic E-state index is 12.2. The van der Waals surface area contributed by atoms with E-state index in [1.165, 1.54) is 18.3 Å². The molecular formula is C18H16N4O2S. The molecule has 6 nitrogen and oxygen atoms in total. The first-order valence-corrected chi connectivity index (χ1v) is 8.48. The summed E-state index contributed by atoms with van der Waals surface area (Å²) in [7, 11) is 0. The number of hydrogen-bond donors (Lipinski definition) is 2. The SMILES string of the molecule is CC(=O)Nc1ccc(-c2csc(NC(=O)c3cccc(C)n3)n2)cc1. The lowest BCUT2D eigenvalue weighted by Gasteiger charge is -2.03. The van der Waals surface area contributed by atoms with Gasteiger partial charge >= 0.3 is 0 Å². The summed E-state index contributed by atoms with van der Waals surface area (Å²) in [5.74, 6) is -0.401. The number of hydrogen-bond acceptors (Lipinski definition) is 5. The second-order valence-corrected chi connectivity index (χ2v) is 6.27. The van der Waals surface area contributed by atoms with Crippen LogP contribution in [-0.2, 0) is 4.79 Å². The number of aryl methyl sites for hydroxylation is 1. The van der Waals surface area contributed by atoms with Gasteiger partial charge in [0.25, 0.3) is 5.91 Å². The van der Waals surface area contributed by atoms with Crippen LogP contribution in [0.1, 0.15) is 23.1 Å². The summed E-state index contributed by atoms with van der Waals surface area (Å²) in [6.07, 6.45) is 0. The van der Waals surface area contributed by atoms with E-state index in [2.05, 4.69) is 20.6 Å². The minimum atomic E-state index is -0.286. The highest BCUT2D eigenvalue weighted by Crippen LogP contribution is 2.26. The Bertz CT molecular complexity index is 919. The smallest absolute Gasteiger partial charge is 0.276 e. The molecule has 0 aliphatic carbocycles. The maximum absolute atomic E-state index is 12.2. The predicted molar refractivity (Wildman–Crippen MR) is 98.8 cm³/mol. The molecule has 2 heterocycles. The number of aromatic nitrogens is 2. The molecule has 0 radical (unpaired) electrons. The van der Waals surface area contributed by atoms with Crippen molar-refractivity contribution in [3.05, 3.63) is 59.2 Å². The third-order valence-electron chi connectivity index (χ3n) is 3.35. The Labute approximate surface area is 149 Å². The van der Waals surface area contributed by atoms with Crippen LogP contribution in [0, 0.1) is 6.92 Å². The van der Waals surface area contributed by atoms with Crippen LogP contribution in [0.5, 0.6) is 0 Å². The van der Waals surface area contributed by atoms with Gasteiger partial charge in [0.05, 0.1) is 5.69 Å². The van der Waals surface area contributed by atoms with Crippen LogP contribution in [0.4, 0.5) is 10.8 Å². The molecule has 3 rings (SSSR count). The lowest BCUT2D eigenvalue weighted by atomic mass is 10.1. The second-order valence-electron chi connectivity index (χ2n) is 5.41. The molecule has 126 valence electrons. The summed E-state index contributed by atoms with van der Waals surface area (Å²) < 4.78 is 0. The molecule has 0 atom stereocenters. The van der Waals surface area contributed by atoms with Crippen LogP contribution < -0.4 is 10.6 Å². The van der Waals surface area contributed by atoms with Crippen LogP contribution in [0.25, 0.3) is 11.3 Å². The van der Waals surface area contributed by atoms with Gasteiger partial charge in [0, 0.05) is 29.2 Å². The van der Waals surface area contributed by atoms with Crippen LogP contribution in [-0.4, -0.2) is 21.8 Å². The number of anilines is 2. The van der Waals surface area contributed by atoms with Gasteiger partial charge in [0.1, 0.15) is 5.69 Å². The van der Waals surface area contributed by atoms with E-state index < -0.39 is 0 Å². The van der Waals surface area contributed by atoms with Gasteiger partial charge in [0.15, 0.2) is 5.13 Å². The Morgan fingerprint density at radius 2 is 1.76 bits per heavy atom. The fraction of sp³-hybridized carbons (Fsp3) is 0.111. The van der Waals surface area contributed by atoms with E-state index in [9.17, 15) is 9.59 Å². The van der Waals surface area contributed by atoms with Crippen LogP contribution in [0.2, 0.25) is 0 Å². The van der Waals surface area contributed by atoms with Gasteiger partial charge in [-0.2, -0.15) is 0 Å². The zero-order chi connectivity index (χ0) is 17.8. The average Bonchev–Trinajstić information content (AvgIpc) is 3.03. The summed E-state index contributed by atoms with van der Waals surface area (Å²) in [6.45, 7) is 3.30. The average molecular weight is 352 g/mol. The van der Waals surface area contributed by atoms with Gasteiger partial charge in [-0.05, 0) is 31.2 Å². The number of amides is 2. The first-order chi connectivity index (χ1) is 12.0. The van der Waals surface area contributed by atoms with Crippen molar-refractivity contribution in [3.63, 3.8) is 0 Å². The Balaban J connectivity index is 1.72. The molecule has 0 bridgehead atoms. The van der Waals surface area contributed by atoms with E-state index in [0.717, 1.165) is 22.6 Å². The van der Waals surface area contributed by atoms with Crippen LogP contribution in [0.3, 0.4) is 0 Å². The molecule has 0 saturated heterocycles. The van der Waals surface area contributed by atoms with E-state index in [-0.39, 0.29) is 11.8 Å². The lowest BCUT2D eigenvalue weighted by molar-refractivity contribution is -0.114. The number of pyridine rings is 1. The van der Waals surface area contributed by atoms with Crippen molar-refractivity contribution in [2.45, 2.75) is 13.8 Å². The van der Waals surface area contributed by atoms with Crippen molar-refractivity contribution in [3.8, 4) is 11.3 Å². The first-order valence-electron chi connectivity index (χ1n) is 7.60. The van der Waals surface area contributed by atoms with Crippen LogP contribution in [0.15, 0.2) is 47.8 Å².